The smallest absolute Gasteiger partial charge is 0.176 e. The molecule has 0 saturated heterocycles. The first-order chi connectivity index (χ1) is 8.60. The van der Waals surface area contributed by atoms with Crippen molar-refractivity contribution in [3.05, 3.63) is 48.2 Å². The van der Waals surface area contributed by atoms with E-state index in [1.165, 1.54) is 6.92 Å². The van der Waals surface area contributed by atoms with Gasteiger partial charge in [0.05, 0.1) is 18.5 Å². The van der Waals surface area contributed by atoms with Gasteiger partial charge in [-0.1, -0.05) is 19.6 Å². The van der Waals surface area contributed by atoms with Crippen LogP contribution in [0.5, 0.6) is 0 Å². The third kappa shape index (κ3) is 3.60. The molecule has 4 heteroatoms. The zero-order valence-corrected chi connectivity index (χ0v) is 10.8. The van der Waals surface area contributed by atoms with Crippen LogP contribution in [-0.4, -0.2) is 29.0 Å². The van der Waals surface area contributed by atoms with E-state index >= 15 is 0 Å². The number of nitrogens with zero attached hydrogens (tertiary/aromatic N) is 1. The number of ether oxygens (including phenoxy) is 1. The van der Waals surface area contributed by atoms with Crippen molar-refractivity contribution in [3.8, 4) is 0 Å². The van der Waals surface area contributed by atoms with E-state index in [2.05, 4.69) is 6.58 Å². The summed E-state index contributed by atoms with van der Waals surface area (Å²) in [4.78, 5) is 13.3. The second-order valence-electron chi connectivity index (χ2n) is 3.85. The lowest BCUT2D eigenvalue weighted by molar-refractivity contribution is -0.114. The molecule has 18 heavy (non-hydrogen) atoms. The van der Waals surface area contributed by atoms with Crippen LogP contribution in [0.25, 0.3) is 0 Å². The molecule has 1 rings (SSSR count). The summed E-state index contributed by atoms with van der Waals surface area (Å²) < 4.78 is 5.32. The van der Waals surface area contributed by atoms with Crippen LogP contribution in [0.1, 0.15) is 20.3 Å². The van der Waals surface area contributed by atoms with Gasteiger partial charge in [-0.25, -0.2) is 0 Å². The first-order valence-corrected chi connectivity index (χ1v) is 5.93. The van der Waals surface area contributed by atoms with E-state index < -0.39 is 0 Å². The Balaban J connectivity index is 2.94. The van der Waals surface area contributed by atoms with E-state index in [9.17, 15) is 4.79 Å². The zero-order valence-electron chi connectivity index (χ0n) is 10.8. The van der Waals surface area contributed by atoms with E-state index in [0.29, 0.717) is 17.2 Å². The van der Waals surface area contributed by atoms with Crippen molar-refractivity contribution < 1.29 is 14.6 Å². The third-order valence-electron chi connectivity index (χ3n) is 2.38. The van der Waals surface area contributed by atoms with Gasteiger partial charge in [0.2, 0.25) is 0 Å². The maximum absolute atomic E-state index is 11.6. The van der Waals surface area contributed by atoms with Crippen LogP contribution in [0, 0.1) is 0 Å². The van der Waals surface area contributed by atoms with Gasteiger partial charge in [-0.15, -0.1) is 0 Å². The first kappa shape index (κ1) is 14.3. The predicted octanol–water partition coefficient (Wildman–Crippen LogP) is 2.11. The molecule has 0 aromatic carbocycles. The summed E-state index contributed by atoms with van der Waals surface area (Å²) in [5, 5.41) is 8.72. The molecule has 0 fully saturated rings. The van der Waals surface area contributed by atoms with Gasteiger partial charge in [0.25, 0.3) is 0 Å². The highest BCUT2D eigenvalue weighted by molar-refractivity contribution is 5.93. The van der Waals surface area contributed by atoms with Crippen LogP contribution in [0.15, 0.2) is 48.2 Å². The largest absolute Gasteiger partial charge is 0.490 e. The van der Waals surface area contributed by atoms with Crippen molar-refractivity contribution in [2.75, 3.05) is 13.2 Å². The SMILES string of the molecule is C=C1C=CC(OCCO)=CN1/C(=C\CC)C(C)=O. The summed E-state index contributed by atoms with van der Waals surface area (Å²) in [6.07, 6.45) is 7.87. The van der Waals surface area contributed by atoms with E-state index in [-0.39, 0.29) is 19.0 Å². The molecule has 1 aliphatic heterocycles. The molecule has 0 saturated carbocycles. The fourth-order valence-corrected chi connectivity index (χ4v) is 1.59. The van der Waals surface area contributed by atoms with Gasteiger partial charge >= 0.3 is 0 Å². The van der Waals surface area contributed by atoms with Crippen molar-refractivity contribution in [3.63, 3.8) is 0 Å². The van der Waals surface area contributed by atoms with Crippen molar-refractivity contribution in [1.29, 1.82) is 0 Å². The van der Waals surface area contributed by atoms with Gasteiger partial charge in [-0.2, -0.15) is 0 Å². The van der Waals surface area contributed by atoms with Crippen molar-refractivity contribution in [1.82, 2.24) is 4.90 Å². The molecule has 0 spiro atoms. The lowest BCUT2D eigenvalue weighted by Gasteiger charge is -2.26. The number of allylic oxidation sites excluding steroid dienone is 4. The maximum atomic E-state index is 11.6. The van der Waals surface area contributed by atoms with Crippen LogP contribution in [0.4, 0.5) is 0 Å². The minimum absolute atomic E-state index is 0.0222. The normalized spacial score (nSPS) is 15.7. The zero-order chi connectivity index (χ0) is 13.5. The van der Waals surface area contributed by atoms with Gasteiger partial charge in [0.15, 0.2) is 5.78 Å². The van der Waals surface area contributed by atoms with Gasteiger partial charge in [0, 0.05) is 12.6 Å². The number of rotatable bonds is 6. The average molecular weight is 249 g/mol. The minimum Gasteiger partial charge on any atom is -0.490 e. The van der Waals surface area contributed by atoms with Crippen molar-refractivity contribution >= 4 is 5.78 Å². The topological polar surface area (TPSA) is 49.8 Å². The van der Waals surface area contributed by atoms with Crippen LogP contribution >= 0.6 is 0 Å². The fourth-order valence-electron chi connectivity index (χ4n) is 1.59. The molecule has 0 aromatic rings. The number of hydrogen-bond donors (Lipinski definition) is 1. The number of carbonyl (C=O) groups is 1. The molecule has 0 aromatic heterocycles. The summed E-state index contributed by atoms with van der Waals surface area (Å²) in [6.45, 7) is 7.57. The Hall–Kier alpha value is -1.81. The lowest BCUT2D eigenvalue weighted by atomic mass is 10.2. The second kappa shape index (κ2) is 6.81. The Kier molecular flexibility index (Phi) is 5.39. The Labute approximate surface area is 108 Å². The van der Waals surface area contributed by atoms with E-state index in [0.717, 1.165) is 6.42 Å². The number of aliphatic hydroxyl groups is 1. The molecule has 0 radical (unpaired) electrons. The van der Waals surface area contributed by atoms with Gasteiger partial charge in [-0.05, 0) is 18.6 Å². The Bertz CT molecular complexity index is 419. The number of ketones is 1. The molecule has 1 aliphatic rings. The molecule has 0 bridgehead atoms. The summed E-state index contributed by atoms with van der Waals surface area (Å²) in [6, 6.07) is 0. The molecule has 0 aliphatic carbocycles. The molecular weight excluding hydrogens is 230 g/mol. The summed E-state index contributed by atoms with van der Waals surface area (Å²) >= 11 is 0. The molecule has 1 N–H and O–H groups in total. The number of carbonyl (C=O) groups excluding carboxylic acids is 1. The van der Waals surface area contributed by atoms with Gasteiger partial charge in [0.1, 0.15) is 12.4 Å². The van der Waals surface area contributed by atoms with Crippen LogP contribution < -0.4 is 0 Å². The molecule has 98 valence electrons. The van der Waals surface area contributed by atoms with E-state index in [4.69, 9.17) is 9.84 Å². The highest BCUT2D eigenvalue weighted by Crippen LogP contribution is 2.22. The molecule has 0 atom stereocenters. The molecule has 0 amide bonds. The van der Waals surface area contributed by atoms with E-state index in [1.807, 2.05) is 13.0 Å². The first-order valence-electron chi connectivity index (χ1n) is 5.93. The lowest BCUT2D eigenvalue weighted by Crippen LogP contribution is -2.22. The predicted molar refractivity (Wildman–Crippen MR) is 70.3 cm³/mol. The Morgan fingerprint density at radius 1 is 1.56 bits per heavy atom. The number of Topliss-reactive ketones (excluding diaryl/α,β-unsaturated/α-hetero) is 1. The molecular formula is C14H19NO3. The molecule has 0 unspecified atom stereocenters. The number of aliphatic hydroxyl groups excluding tert-OH is 1. The Morgan fingerprint density at radius 2 is 2.28 bits per heavy atom. The van der Waals surface area contributed by atoms with Gasteiger partial charge in [-0.3, -0.25) is 4.79 Å². The molecule has 1 heterocycles. The standard InChI is InChI=1S/C14H19NO3/c1-4-5-14(12(3)17)15-10-13(18-9-8-16)7-6-11(15)2/h5-7,10,16H,2,4,8-9H2,1,3H3/b14-5-. The highest BCUT2D eigenvalue weighted by Gasteiger charge is 2.17. The van der Waals surface area contributed by atoms with Crippen molar-refractivity contribution in [2.45, 2.75) is 20.3 Å². The summed E-state index contributed by atoms with van der Waals surface area (Å²) in [5.74, 6) is 0.575. The summed E-state index contributed by atoms with van der Waals surface area (Å²) in [5.41, 5.74) is 1.29. The van der Waals surface area contributed by atoms with Crippen LogP contribution in [0.3, 0.4) is 0 Å². The highest BCUT2D eigenvalue weighted by atomic mass is 16.5. The third-order valence-corrected chi connectivity index (χ3v) is 2.38. The monoisotopic (exact) mass is 249 g/mol. The summed E-state index contributed by atoms with van der Waals surface area (Å²) in [7, 11) is 0. The molecule has 4 nitrogen and oxygen atoms in total. The van der Waals surface area contributed by atoms with Crippen LogP contribution in [-0.2, 0) is 9.53 Å². The number of hydrogen-bond acceptors (Lipinski definition) is 4. The second-order valence-corrected chi connectivity index (χ2v) is 3.85. The Morgan fingerprint density at radius 3 is 2.83 bits per heavy atom. The average Bonchev–Trinajstić information content (AvgIpc) is 2.35. The minimum atomic E-state index is -0.0451. The van der Waals surface area contributed by atoms with Crippen molar-refractivity contribution in [2.24, 2.45) is 0 Å². The quantitative estimate of drug-likeness (QED) is 0.732. The van der Waals surface area contributed by atoms with E-state index in [1.54, 1.807) is 23.3 Å². The van der Waals surface area contributed by atoms with Crippen LogP contribution in [0.2, 0.25) is 0 Å². The van der Waals surface area contributed by atoms with Gasteiger partial charge < -0.3 is 14.7 Å². The fraction of sp³-hybridized carbons (Fsp3) is 0.357. The maximum Gasteiger partial charge on any atom is 0.176 e.